The van der Waals surface area contributed by atoms with Crippen LogP contribution in [0.3, 0.4) is 0 Å². The Morgan fingerprint density at radius 1 is 1.03 bits per heavy atom. The Kier molecular flexibility index (Phi) is 7.37. The quantitative estimate of drug-likeness (QED) is 0.193. The van der Waals surface area contributed by atoms with E-state index in [2.05, 4.69) is 15.8 Å². The fourth-order valence-electron chi connectivity index (χ4n) is 2.74. The first-order valence-electron chi connectivity index (χ1n) is 9.67. The predicted molar refractivity (Wildman–Crippen MR) is 117 cm³/mol. The lowest BCUT2D eigenvalue weighted by Gasteiger charge is -2.09. The van der Waals surface area contributed by atoms with Gasteiger partial charge in [0, 0.05) is 5.69 Å². The number of esters is 1. The average molecular weight is 435 g/mol. The Morgan fingerprint density at radius 3 is 2.56 bits per heavy atom. The minimum absolute atomic E-state index is 0.0558. The summed E-state index contributed by atoms with van der Waals surface area (Å²) in [7, 11) is 1.42. The fraction of sp³-hybridized carbons (Fsp3) is 0.130. The number of aryl methyl sites for hydroxylation is 1. The van der Waals surface area contributed by atoms with Gasteiger partial charge in [0.05, 0.1) is 19.6 Å². The Balaban J connectivity index is 1.60. The molecule has 0 saturated carbocycles. The van der Waals surface area contributed by atoms with Crippen LogP contribution in [0.1, 0.15) is 28.6 Å². The molecule has 2 amide bonds. The van der Waals surface area contributed by atoms with Gasteiger partial charge < -0.3 is 19.2 Å². The number of nitrogens with zero attached hydrogens (tertiary/aromatic N) is 1. The Hall–Kier alpha value is -4.40. The van der Waals surface area contributed by atoms with Gasteiger partial charge in [-0.05, 0) is 53.9 Å². The summed E-state index contributed by atoms with van der Waals surface area (Å²) in [4.78, 5) is 36.1. The number of furan rings is 1. The highest BCUT2D eigenvalue weighted by Crippen LogP contribution is 2.28. The molecule has 9 heteroatoms. The van der Waals surface area contributed by atoms with E-state index in [1.165, 1.54) is 31.7 Å². The molecular weight excluding hydrogens is 414 g/mol. The number of hydrogen-bond acceptors (Lipinski definition) is 7. The highest BCUT2D eigenvalue weighted by Gasteiger charge is 2.16. The molecule has 1 aromatic heterocycles. The molecule has 1 heterocycles. The van der Waals surface area contributed by atoms with Gasteiger partial charge in [0.2, 0.25) is 5.76 Å². The van der Waals surface area contributed by atoms with E-state index >= 15 is 0 Å². The second-order valence-corrected chi connectivity index (χ2v) is 6.44. The van der Waals surface area contributed by atoms with E-state index in [-0.39, 0.29) is 17.3 Å². The summed E-state index contributed by atoms with van der Waals surface area (Å²) in [6.07, 6.45) is 3.40. The Labute approximate surface area is 184 Å². The van der Waals surface area contributed by atoms with Crippen LogP contribution in [-0.2, 0) is 16.0 Å². The third kappa shape index (κ3) is 5.60. The number of para-hydroxylation sites is 1. The largest absolute Gasteiger partial charge is 0.493 e. The van der Waals surface area contributed by atoms with Crippen molar-refractivity contribution in [2.24, 2.45) is 5.10 Å². The SMILES string of the molecule is CCc1ccccc1NC(=O)C(=O)NN=Cc1ccc(OC(=O)c2ccco2)c(OC)c1. The number of anilines is 1. The van der Waals surface area contributed by atoms with Crippen molar-refractivity contribution in [3.63, 3.8) is 0 Å². The molecule has 3 rings (SSSR count). The monoisotopic (exact) mass is 435 g/mol. The van der Waals surface area contributed by atoms with Gasteiger partial charge in [-0.2, -0.15) is 5.10 Å². The van der Waals surface area contributed by atoms with E-state index < -0.39 is 17.8 Å². The highest BCUT2D eigenvalue weighted by atomic mass is 16.6. The molecule has 2 aromatic carbocycles. The van der Waals surface area contributed by atoms with E-state index in [0.717, 1.165) is 5.56 Å². The van der Waals surface area contributed by atoms with Crippen LogP contribution in [0.15, 0.2) is 70.4 Å². The van der Waals surface area contributed by atoms with Crippen LogP contribution in [0.4, 0.5) is 5.69 Å². The first-order valence-corrected chi connectivity index (χ1v) is 9.67. The predicted octanol–water partition coefficient (Wildman–Crippen LogP) is 3.16. The molecular formula is C23H21N3O6. The lowest BCUT2D eigenvalue weighted by Crippen LogP contribution is -2.32. The number of carbonyl (C=O) groups excluding carboxylic acids is 3. The standard InChI is InChI=1S/C23H21N3O6/c1-3-16-7-4-5-8-17(16)25-21(27)22(28)26-24-14-15-10-11-18(20(13-15)30-2)32-23(29)19-9-6-12-31-19/h4-14H,3H2,1-2H3,(H,25,27)(H,26,28). The molecule has 0 bridgehead atoms. The van der Waals surface area contributed by atoms with E-state index in [9.17, 15) is 14.4 Å². The smallest absolute Gasteiger partial charge is 0.379 e. The minimum Gasteiger partial charge on any atom is -0.493 e. The van der Waals surface area contributed by atoms with Crippen LogP contribution >= 0.6 is 0 Å². The van der Waals surface area contributed by atoms with Gasteiger partial charge in [-0.3, -0.25) is 9.59 Å². The molecule has 3 aromatic rings. The van der Waals surface area contributed by atoms with Crippen molar-refractivity contribution < 1.29 is 28.3 Å². The molecule has 2 N–H and O–H groups in total. The number of rotatable bonds is 7. The number of nitrogens with one attached hydrogen (secondary N) is 2. The molecule has 0 atom stereocenters. The fourth-order valence-corrected chi connectivity index (χ4v) is 2.74. The van der Waals surface area contributed by atoms with Crippen LogP contribution in [0, 0.1) is 0 Å². The zero-order valence-corrected chi connectivity index (χ0v) is 17.5. The molecule has 0 saturated heterocycles. The van der Waals surface area contributed by atoms with E-state index in [1.807, 2.05) is 19.1 Å². The third-order valence-corrected chi connectivity index (χ3v) is 4.35. The van der Waals surface area contributed by atoms with E-state index in [1.54, 1.807) is 30.3 Å². The van der Waals surface area contributed by atoms with Crippen molar-refractivity contribution in [3.8, 4) is 11.5 Å². The molecule has 0 spiro atoms. The van der Waals surface area contributed by atoms with Crippen molar-refractivity contribution in [3.05, 3.63) is 77.7 Å². The van der Waals surface area contributed by atoms with Crippen molar-refractivity contribution in [1.29, 1.82) is 0 Å². The summed E-state index contributed by atoms with van der Waals surface area (Å²) < 4.78 is 15.5. The van der Waals surface area contributed by atoms with Gasteiger partial charge in [-0.1, -0.05) is 25.1 Å². The lowest BCUT2D eigenvalue weighted by atomic mass is 10.1. The van der Waals surface area contributed by atoms with Gasteiger partial charge in [0.15, 0.2) is 11.5 Å². The minimum atomic E-state index is -0.914. The second kappa shape index (κ2) is 10.6. The summed E-state index contributed by atoms with van der Waals surface area (Å²) in [5.74, 6) is -1.90. The molecule has 0 unspecified atom stereocenters. The van der Waals surface area contributed by atoms with Crippen molar-refractivity contribution >= 4 is 29.7 Å². The topological polar surface area (TPSA) is 119 Å². The van der Waals surface area contributed by atoms with E-state index in [0.29, 0.717) is 17.7 Å². The second-order valence-electron chi connectivity index (χ2n) is 6.44. The van der Waals surface area contributed by atoms with E-state index in [4.69, 9.17) is 13.9 Å². The maximum atomic E-state index is 12.1. The van der Waals surface area contributed by atoms with Crippen LogP contribution in [0.5, 0.6) is 11.5 Å². The highest BCUT2D eigenvalue weighted by molar-refractivity contribution is 6.39. The van der Waals surface area contributed by atoms with Gasteiger partial charge in [-0.15, -0.1) is 0 Å². The third-order valence-electron chi connectivity index (χ3n) is 4.35. The summed E-state index contributed by atoms with van der Waals surface area (Å²) in [6, 6.07) is 14.9. The maximum Gasteiger partial charge on any atom is 0.379 e. The zero-order chi connectivity index (χ0) is 22.9. The van der Waals surface area contributed by atoms with Gasteiger partial charge >= 0.3 is 17.8 Å². The molecule has 0 aliphatic carbocycles. The molecule has 0 aliphatic rings. The van der Waals surface area contributed by atoms with Crippen molar-refractivity contribution in [2.45, 2.75) is 13.3 Å². The number of hydrogen-bond donors (Lipinski definition) is 2. The summed E-state index contributed by atoms with van der Waals surface area (Å²) in [5, 5.41) is 6.35. The number of carbonyl (C=O) groups is 3. The molecule has 0 aliphatic heterocycles. The molecule has 0 radical (unpaired) electrons. The molecule has 9 nitrogen and oxygen atoms in total. The Bertz CT molecular complexity index is 1140. The number of ether oxygens (including phenoxy) is 2. The van der Waals surface area contributed by atoms with Gasteiger partial charge in [-0.25, -0.2) is 10.2 Å². The zero-order valence-electron chi connectivity index (χ0n) is 17.5. The summed E-state index contributed by atoms with van der Waals surface area (Å²) >= 11 is 0. The van der Waals surface area contributed by atoms with Crippen molar-refractivity contribution in [2.75, 3.05) is 12.4 Å². The molecule has 0 fully saturated rings. The van der Waals surface area contributed by atoms with Gasteiger partial charge in [0.25, 0.3) is 0 Å². The normalized spacial score (nSPS) is 10.6. The van der Waals surface area contributed by atoms with Crippen LogP contribution in [-0.4, -0.2) is 31.1 Å². The summed E-state index contributed by atoms with van der Waals surface area (Å²) in [5.41, 5.74) is 4.20. The number of amides is 2. The van der Waals surface area contributed by atoms with Crippen LogP contribution in [0.2, 0.25) is 0 Å². The Morgan fingerprint density at radius 2 is 1.84 bits per heavy atom. The number of hydrazone groups is 1. The maximum absolute atomic E-state index is 12.1. The number of benzene rings is 2. The van der Waals surface area contributed by atoms with Crippen LogP contribution < -0.4 is 20.2 Å². The molecule has 164 valence electrons. The average Bonchev–Trinajstić information content (AvgIpc) is 3.35. The lowest BCUT2D eigenvalue weighted by molar-refractivity contribution is -0.136. The molecule has 32 heavy (non-hydrogen) atoms. The van der Waals surface area contributed by atoms with Gasteiger partial charge in [0.1, 0.15) is 0 Å². The van der Waals surface area contributed by atoms with Crippen LogP contribution in [0.25, 0.3) is 0 Å². The summed E-state index contributed by atoms with van der Waals surface area (Å²) in [6.45, 7) is 1.95. The first kappa shape index (κ1) is 22.3. The van der Waals surface area contributed by atoms with Crippen molar-refractivity contribution in [1.82, 2.24) is 5.43 Å². The first-order chi connectivity index (χ1) is 15.5. The number of methoxy groups -OCH3 is 1.